The highest BCUT2D eigenvalue weighted by Crippen LogP contribution is 2.42. The number of benzene rings is 4. The molecule has 0 aliphatic rings. The first-order valence-corrected chi connectivity index (χ1v) is 21.5. The first kappa shape index (κ1) is 44.4. The molecule has 0 saturated heterocycles. The maximum absolute atomic E-state index is 8.74. The normalized spacial score (nSPS) is 13.1. The van der Waals surface area contributed by atoms with Gasteiger partial charge in [0.25, 0.3) is 0 Å². The van der Waals surface area contributed by atoms with Crippen LogP contribution < -0.4 is 4.74 Å². The molecular weight excluding hydrogens is 689 g/mol. The lowest BCUT2D eigenvalue weighted by atomic mass is 9.85. The van der Waals surface area contributed by atoms with Crippen LogP contribution in [0, 0.1) is 0 Å². The summed E-state index contributed by atoms with van der Waals surface area (Å²) in [6.45, 7) is 9.21. The zero-order valence-corrected chi connectivity index (χ0v) is 33.9. The maximum atomic E-state index is 8.74. The summed E-state index contributed by atoms with van der Waals surface area (Å²) in [5.74, 6) is 2.56. The van der Waals surface area contributed by atoms with Crippen molar-refractivity contribution in [3.05, 3.63) is 143 Å². The summed E-state index contributed by atoms with van der Waals surface area (Å²) in [7, 11) is -4.67. The van der Waals surface area contributed by atoms with E-state index in [0.29, 0.717) is 11.8 Å². The number of allylic oxidation sites excluding steroid dienone is 2. The van der Waals surface area contributed by atoms with Gasteiger partial charge in [-0.2, -0.15) is 8.42 Å². The van der Waals surface area contributed by atoms with Gasteiger partial charge in [0.15, 0.2) is 0 Å². The lowest BCUT2D eigenvalue weighted by molar-refractivity contribution is 0.381. The minimum Gasteiger partial charge on any atom is -0.457 e. The predicted octanol–water partition coefficient (Wildman–Crippen LogP) is 14.7. The first-order valence-electron chi connectivity index (χ1n) is 20.1. The summed E-state index contributed by atoms with van der Waals surface area (Å²) in [6.07, 6.45) is 22.6. The molecule has 0 aliphatic carbocycles. The van der Waals surface area contributed by atoms with Gasteiger partial charge in [0.05, 0.1) is 0 Å². The zero-order chi connectivity index (χ0) is 39.0. The van der Waals surface area contributed by atoms with Crippen molar-refractivity contribution in [2.75, 3.05) is 0 Å². The Labute approximate surface area is 327 Å². The molecule has 2 atom stereocenters. The highest BCUT2D eigenvalue weighted by Gasteiger charge is 2.22. The molecule has 54 heavy (non-hydrogen) atoms. The number of para-hydroxylation sites is 2. The van der Waals surface area contributed by atoms with Gasteiger partial charge in [0, 0.05) is 23.0 Å². The summed E-state index contributed by atoms with van der Waals surface area (Å²) in [5, 5.41) is 0. The number of hydrogen-bond acceptors (Lipinski definition) is 3. The summed E-state index contributed by atoms with van der Waals surface area (Å²) < 4.78 is 38.7. The van der Waals surface area contributed by atoms with Gasteiger partial charge >= 0.3 is 10.4 Å². The van der Waals surface area contributed by atoms with Crippen molar-refractivity contribution in [2.45, 2.75) is 129 Å². The molecule has 0 heterocycles. The Morgan fingerprint density at radius 1 is 0.519 bits per heavy atom. The lowest BCUT2D eigenvalue weighted by Crippen LogP contribution is -2.06. The summed E-state index contributed by atoms with van der Waals surface area (Å²) in [4.78, 5) is 0. The van der Waals surface area contributed by atoms with Gasteiger partial charge in [-0.3, -0.25) is 9.11 Å². The standard InChI is InChI=1S/C48H62O.H2O4S/c1-5-7-9-11-13-21-31-43(39(3)37-41-27-17-15-18-28-41)45-33-23-25-35-47(45)49-48-36-26-24-34-46(48)44(32-22-14-12-10-8-6-2)40(4)38-42-29-19-16-20-30-42;1-5(2,3)4/h15-20,23-30,33-38,43-44H,5-14,21-22,31-32H2,1-4H3;(H2,1,2,3,4). The van der Waals surface area contributed by atoms with E-state index in [9.17, 15) is 0 Å². The van der Waals surface area contributed by atoms with E-state index in [4.69, 9.17) is 22.3 Å². The Hall–Kier alpha value is -3.97. The van der Waals surface area contributed by atoms with Crippen molar-refractivity contribution < 1.29 is 22.3 Å². The summed E-state index contributed by atoms with van der Waals surface area (Å²) in [5.41, 5.74) is 7.89. The van der Waals surface area contributed by atoms with Crippen molar-refractivity contribution in [1.82, 2.24) is 0 Å². The molecule has 0 bridgehead atoms. The largest absolute Gasteiger partial charge is 0.457 e. The van der Waals surface area contributed by atoms with Crippen LogP contribution >= 0.6 is 0 Å². The molecule has 4 rings (SSSR count). The fraction of sp³-hybridized carbons (Fsp3) is 0.417. The second-order valence-electron chi connectivity index (χ2n) is 14.4. The molecule has 0 spiro atoms. The maximum Gasteiger partial charge on any atom is 0.394 e. The van der Waals surface area contributed by atoms with Crippen LogP contribution in [0.5, 0.6) is 11.5 Å². The molecule has 0 radical (unpaired) electrons. The fourth-order valence-corrected chi connectivity index (χ4v) is 7.18. The van der Waals surface area contributed by atoms with Crippen LogP contribution in [-0.4, -0.2) is 17.5 Å². The van der Waals surface area contributed by atoms with Crippen LogP contribution in [0.2, 0.25) is 0 Å². The first-order chi connectivity index (χ1) is 26.1. The second kappa shape index (κ2) is 25.2. The van der Waals surface area contributed by atoms with Gasteiger partial charge in [-0.15, -0.1) is 0 Å². The van der Waals surface area contributed by atoms with Crippen LogP contribution in [0.1, 0.15) is 152 Å². The Balaban J connectivity index is 0.00000147. The van der Waals surface area contributed by atoms with E-state index in [1.165, 1.54) is 110 Å². The SMILES string of the molecule is CCCCCCCCC(C(C)=Cc1ccccc1)c1ccccc1Oc1ccccc1C(CCCCCCCC)C(C)=Cc1ccccc1.O=S(=O)(O)O. The van der Waals surface area contributed by atoms with Crippen molar-refractivity contribution >= 4 is 22.6 Å². The lowest BCUT2D eigenvalue weighted by Gasteiger charge is -2.25. The average molecular weight is 753 g/mol. The molecule has 4 aromatic carbocycles. The van der Waals surface area contributed by atoms with E-state index < -0.39 is 10.4 Å². The molecule has 0 aromatic heterocycles. The molecule has 0 saturated carbocycles. The Kier molecular flexibility index (Phi) is 20.7. The van der Waals surface area contributed by atoms with Gasteiger partial charge in [-0.05, 0) is 49.9 Å². The third kappa shape index (κ3) is 17.4. The van der Waals surface area contributed by atoms with E-state index >= 15 is 0 Å². The van der Waals surface area contributed by atoms with Crippen molar-refractivity contribution in [2.24, 2.45) is 0 Å². The quantitative estimate of drug-likeness (QED) is 0.0617. The van der Waals surface area contributed by atoms with Crippen molar-refractivity contribution in [3.8, 4) is 11.5 Å². The Bertz CT molecular complexity index is 1660. The number of hydrogen-bond donors (Lipinski definition) is 2. The number of unbranched alkanes of at least 4 members (excludes halogenated alkanes) is 10. The van der Waals surface area contributed by atoms with Gasteiger partial charge in [-0.25, -0.2) is 0 Å². The molecule has 0 amide bonds. The van der Waals surface area contributed by atoms with Crippen LogP contribution in [0.4, 0.5) is 0 Å². The topological polar surface area (TPSA) is 83.8 Å². The van der Waals surface area contributed by atoms with Gasteiger partial charge < -0.3 is 4.74 Å². The molecule has 2 unspecified atom stereocenters. The van der Waals surface area contributed by atoms with Gasteiger partial charge in [0.1, 0.15) is 11.5 Å². The summed E-state index contributed by atoms with van der Waals surface area (Å²) in [6, 6.07) is 39.2. The van der Waals surface area contributed by atoms with E-state index in [1.807, 2.05) is 0 Å². The molecule has 6 heteroatoms. The smallest absolute Gasteiger partial charge is 0.394 e. The third-order valence-electron chi connectivity index (χ3n) is 9.99. The van der Waals surface area contributed by atoms with Crippen LogP contribution in [0.3, 0.4) is 0 Å². The highest BCUT2D eigenvalue weighted by molar-refractivity contribution is 7.79. The van der Waals surface area contributed by atoms with Gasteiger partial charge in [-0.1, -0.05) is 211 Å². The van der Waals surface area contributed by atoms with Crippen LogP contribution in [0.15, 0.2) is 120 Å². The van der Waals surface area contributed by atoms with Crippen LogP contribution in [0.25, 0.3) is 12.2 Å². The van der Waals surface area contributed by atoms with Crippen molar-refractivity contribution in [3.63, 3.8) is 0 Å². The van der Waals surface area contributed by atoms with E-state index in [1.54, 1.807) is 0 Å². The minimum absolute atomic E-state index is 0.299. The molecule has 4 aromatic rings. The van der Waals surface area contributed by atoms with Gasteiger partial charge in [0.2, 0.25) is 0 Å². The predicted molar refractivity (Wildman–Crippen MR) is 229 cm³/mol. The molecule has 292 valence electrons. The Morgan fingerprint density at radius 3 is 1.20 bits per heavy atom. The zero-order valence-electron chi connectivity index (χ0n) is 33.1. The number of rotatable bonds is 22. The van der Waals surface area contributed by atoms with Crippen molar-refractivity contribution in [1.29, 1.82) is 0 Å². The number of ether oxygens (including phenoxy) is 1. The minimum atomic E-state index is -4.67. The molecule has 5 nitrogen and oxygen atoms in total. The van der Waals surface area contributed by atoms with E-state index in [2.05, 4.69) is 149 Å². The average Bonchev–Trinajstić information content (AvgIpc) is 3.15. The molecular formula is C48H64O5S. The molecule has 0 fully saturated rings. The highest BCUT2D eigenvalue weighted by atomic mass is 32.3. The molecule has 2 N–H and O–H groups in total. The monoisotopic (exact) mass is 752 g/mol. The van der Waals surface area contributed by atoms with E-state index in [0.717, 1.165) is 24.3 Å². The second-order valence-corrected chi connectivity index (χ2v) is 15.3. The van der Waals surface area contributed by atoms with E-state index in [-0.39, 0.29) is 0 Å². The van der Waals surface area contributed by atoms with Crippen LogP contribution in [-0.2, 0) is 10.4 Å². The third-order valence-corrected chi connectivity index (χ3v) is 9.99. The summed E-state index contributed by atoms with van der Waals surface area (Å²) >= 11 is 0. The fourth-order valence-electron chi connectivity index (χ4n) is 7.18. The Morgan fingerprint density at radius 2 is 0.833 bits per heavy atom. The molecule has 0 aliphatic heterocycles.